The molecule has 5 nitrogen and oxygen atoms in total. The number of phenolic OH excluding ortho intramolecular Hbond substituents is 2. The zero-order valence-corrected chi connectivity index (χ0v) is 10.8. The van der Waals surface area contributed by atoms with Crippen LogP contribution in [-0.4, -0.2) is 28.1 Å². The summed E-state index contributed by atoms with van der Waals surface area (Å²) in [6.07, 6.45) is 1.58. The fourth-order valence-corrected chi connectivity index (χ4v) is 1.78. The fourth-order valence-electron chi connectivity index (χ4n) is 1.78. The summed E-state index contributed by atoms with van der Waals surface area (Å²) in [6.45, 7) is 2.25. The highest BCUT2D eigenvalue weighted by atomic mass is 16.3. The minimum Gasteiger partial charge on any atom is -0.504 e. The first-order chi connectivity index (χ1) is 8.99. The Bertz CT molecular complexity index is 603. The average Bonchev–Trinajstić information content (AvgIpc) is 2.77. The second-order valence-corrected chi connectivity index (χ2v) is 4.37. The Kier molecular flexibility index (Phi) is 3.46. The standard InChI is InChI=1S/C14H15NO4/c1-9-11(5-6-19-9)8-15(2)14(18)10-3-4-12(16)13(17)7-10/h3-7,16-17H,8H2,1-2H3. The minimum atomic E-state index is -0.307. The molecule has 19 heavy (non-hydrogen) atoms. The van der Waals surface area contributed by atoms with E-state index in [0.29, 0.717) is 12.1 Å². The molecule has 1 aromatic heterocycles. The van der Waals surface area contributed by atoms with Crippen LogP contribution in [0.4, 0.5) is 0 Å². The number of aryl methyl sites for hydroxylation is 1. The lowest BCUT2D eigenvalue weighted by Gasteiger charge is -2.17. The van der Waals surface area contributed by atoms with E-state index in [1.165, 1.54) is 23.1 Å². The maximum Gasteiger partial charge on any atom is 0.254 e. The number of nitrogens with zero attached hydrogens (tertiary/aromatic N) is 1. The first-order valence-electron chi connectivity index (χ1n) is 5.79. The monoisotopic (exact) mass is 261 g/mol. The van der Waals surface area contributed by atoms with Gasteiger partial charge in [-0.2, -0.15) is 0 Å². The summed E-state index contributed by atoms with van der Waals surface area (Å²) in [7, 11) is 1.67. The first kappa shape index (κ1) is 13.0. The Hall–Kier alpha value is -2.43. The third kappa shape index (κ3) is 2.70. The highest BCUT2D eigenvalue weighted by Gasteiger charge is 2.15. The van der Waals surface area contributed by atoms with Crippen LogP contribution in [-0.2, 0) is 6.54 Å². The van der Waals surface area contributed by atoms with E-state index in [2.05, 4.69) is 0 Å². The van der Waals surface area contributed by atoms with Gasteiger partial charge in [-0.25, -0.2) is 0 Å². The Morgan fingerprint density at radius 1 is 1.26 bits per heavy atom. The molecule has 2 rings (SSSR count). The van der Waals surface area contributed by atoms with E-state index in [9.17, 15) is 15.0 Å². The molecular weight excluding hydrogens is 246 g/mol. The number of phenols is 2. The third-order valence-corrected chi connectivity index (χ3v) is 2.94. The molecule has 0 fully saturated rings. The molecule has 1 amide bonds. The van der Waals surface area contributed by atoms with Crippen LogP contribution in [0.25, 0.3) is 0 Å². The lowest BCUT2D eigenvalue weighted by molar-refractivity contribution is 0.0784. The molecule has 0 unspecified atom stereocenters. The van der Waals surface area contributed by atoms with Crippen LogP contribution in [0.1, 0.15) is 21.7 Å². The van der Waals surface area contributed by atoms with E-state index in [-0.39, 0.29) is 17.4 Å². The van der Waals surface area contributed by atoms with Crippen molar-refractivity contribution in [1.29, 1.82) is 0 Å². The Morgan fingerprint density at radius 2 is 2.00 bits per heavy atom. The number of rotatable bonds is 3. The molecule has 100 valence electrons. The van der Waals surface area contributed by atoms with E-state index in [1.54, 1.807) is 13.3 Å². The van der Waals surface area contributed by atoms with Crippen LogP contribution in [0.15, 0.2) is 34.9 Å². The van der Waals surface area contributed by atoms with Crippen molar-refractivity contribution >= 4 is 5.91 Å². The summed E-state index contributed by atoms with van der Waals surface area (Å²) < 4.78 is 5.17. The molecule has 1 heterocycles. The molecule has 5 heteroatoms. The molecule has 0 aliphatic heterocycles. The van der Waals surface area contributed by atoms with Crippen LogP contribution < -0.4 is 0 Å². The zero-order valence-electron chi connectivity index (χ0n) is 10.8. The number of furan rings is 1. The van der Waals surface area contributed by atoms with Gasteiger partial charge >= 0.3 is 0 Å². The summed E-state index contributed by atoms with van der Waals surface area (Å²) in [4.78, 5) is 13.7. The maximum absolute atomic E-state index is 12.1. The van der Waals surface area contributed by atoms with Crippen molar-refractivity contribution in [1.82, 2.24) is 4.90 Å². The van der Waals surface area contributed by atoms with Crippen molar-refractivity contribution in [2.45, 2.75) is 13.5 Å². The maximum atomic E-state index is 12.1. The molecular formula is C14H15NO4. The molecule has 0 bridgehead atoms. The third-order valence-electron chi connectivity index (χ3n) is 2.94. The van der Waals surface area contributed by atoms with Crippen LogP contribution >= 0.6 is 0 Å². The summed E-state index contributed by atoms with van der Waals surface area (Å²) in [5, 5.41) is 18.6. The molecule has 0 aliphatic carbocycles. The number of aromatic hydroxyl groups is 2. The zero-order chi connectivity index (χ0) is 14.0. The normalized spacial score (nSPS) is 10.4. The van der Waals surface area contributed by atoms with Gasteiger partial charge in [0, 0.05) is 24.7 Å². The molecule has 2 aromatic rings. The highest BCUT2D eigenvalue weighted by molar-refractivity contribution is 5.94. The van der Waals surface area contributed by atoms with Gasteiger partial charge in [0.25, 0.3) is 5.91 Å². The molecule has 0 atom stereocenters. The summed E-state index contributed by atoms with van der Waals surface area (Å²) in [5.74, 6) is -0.0206. The second-order valence-electron chi connectivity index (χ2n) is 4.37. The fraction of sp³-hybridized carbons (Fsp3) is 0.214. The lowest BCUT2D eigenvalue weighted by atomic mass is 10.1. The number of carbonyl (C=O) groups is 1. The number of hydrogen-bond acceptors (Lipinski definition) is 4. The molecule has 0 radical (unpaired) electrons. The van der Waals surface area contributed by atoms with Crippen LogP contribution in [0.2, 0.25) is 0 Å². The highest BCUT2D eigenvalue weighted by Crippen LogP contribution is 2.25. The lowest BCUT2D eigenvalue weighted by Crippen LogP contribution is -2.26. The predicted molar refractivity (Wildman–Crippen MR) is 69.0 cm³/mol. The topological polar surface area (TPSA) is 73.9 Å². The molecule has 2 N–H and O–H groups in total. The van der Waals surface area contributed by atoms with Gasteiger partial charge in [-0.05, 0) is 31.2 Å². The molecule has 0 spiro atoms. The van der Waals surface area contributed by atoms with Crippen LogP contribution in [0.5, 0.6) is 11.5 Å². The van der Waals surface area contributed by atoms with Crippen molar-refractivity contribution in [2.24, 2.45) is 0 Å². The van der Waals surface area contributed by atoms with Gasteiger partial charge in [-0.15, -0.1) is 0 Å². The number of benzene rings is 1. The van der Waals surface area contributed by atoms with E-state index in [1.807, 2.05) is 13.0 Å². The van der Waals surface area contributed by atoms with Gasteiger partial charge in [-0.3, -0.25) is 4.79 Å². The van der Waals surface area contributed by atoms with Gasteiger partial charge in [-0.1, -0.05) is 0 Å². The second kappa shape index (κ2) is 5.06. The Morgan fingerprint density at radius 3 is 2.58 bits per heavy atom. The number of amides is 1. The molecule has 0 aliphatic rings. The van der Waals surface area contributed by atoms with Gasteiger partial charge in [0.2, 0.25) is 0 Å². The van der Waals surface area contributed by atoms with Crippen molar-refractivity contribution in [3.63, 3.8) is 0 Å². The van der Waals surface area contributed by atoms with Crippen molar-refractivity contribution in [3.8, 4) is 11.5 Å². The Labute approximate surface area is 110 Å². The first-order valence-corrected chi connectivity index (χ1v) is 5.79. The summed E-state index contributed by atoms with van der Waals surface area (Å²) >= 11 is 0. The van der Waals surface area contributed by atoms with Crippen LogP contribution in [0.3, 0.4) is 0 Å². The van der Waals surface area contributed by atoms with Gasteiger partial charge in [0.05, 0.1) is 6.26 Å². The van der Waals surface area contributed by atoms with E-state index >= 15 is 0 Å². The van der Waals surface area contributed by atoms with Crippen molar-refractivity contribution in [2.75, 3.05) is 7.05 Å². The van der Waals surface area contributed by atoms with Crippen molar-refractivity contribution in [3.05, 3.63) is 47.4 Å². The van der Waals surface area contributed by atoms with E-state index < -0.39 is 0 Å². The van der Waals surface area contributed by atoms with Gasteiger partial charge in [0.1, 0.15) is 5.76 Å². The van der Waals surface area contributed by atoms with Gasteiger partial charge in [0.15, 0.2) is 11.5 Å². The van der Waals surface area contributed by atoms with E-state index in [4.69, 9.17) is 4.42 Å². The van der Waals surface area contributed by atoms with Gasteiger partial charge < -0.3 is 19.5 Å². The SMILES string of the molecule is Cc1occc1CN(C)C(=O)c1ccc(O)c(O)c1. The van der Waals surface area contributed by atoms with E-state index in [0.717, 1.165) is 11.3 Å². The minimum absolute atomic E-state index is 0.240. The largest absolute Gasteiger partial charge is 0.504 e. The summed E-state index contributed by atoms with van der Waals surface area (Å²) in [6, 6.07) is 5.82. The Balaban J connectivity index is 2.15. The molecule has 0 saturated heterocycles. The van der Waals surface area contributed by atoms with Crippen LogP contribution in [0, 0.1) is 6.92 Å². The average molecular weight is 261 g/mol. The molecule has 0 saturated carbocycles. The smallest absolute Gasteiger partial charge is 0.254 e. The predicted octanol–water partition coefficient (Wildman–Crippen LogP) is 2.27. The number of carbonyl (C=O) groups excluding carboxylic acids is 1. The summed E-state index contributed by atoms with van der Waals surface area (Å²) in [5.41, 5.74) is 1.25. The quantitative estimate of drug-likeness (QED) is 0.831. The molecule has 1 aromatic carbocycles. The van der Waals surface area contributed by atoms with Crippen molar-refractivity contribution < 1.29 is 19.4 Å². The number of hydrogen-bond donors (Lipinski definition) is 2.